The summed E-state index contributed by atoms with van der Waals surface area (Å²) in [5.41, 5.74) is 0. The van der Waals surface area contributed by atoms with Crippen molar-refractivity contribution in [2.45, 2.75) is 72.9 Å². The fraction of sp³-hybridized carbons (Fsp3) is 0.933. The van der Waals surface area contributed by atoms with Crippen molar-refractivity contribution in [2.75, 3.05) is 6.54 Å². The van der Waals surface area contributed by atoms with Gasteiger partial charge in [0, 0.05) is 12.1 Å². The van der Waals surface area contributed by atoms with Crippen molar-refractivity contribution in [1.82, 2.24) is 4.90 Å². The van der Waals surface area contributed by atoms with Gasteiger partial charge in [0.15, 0.2) is 0 Å². The quantitative estimate of drug-likeness (QED) is 0.685. The summed E-state index contributed by atoms with van der Waals surface area (Å²) in [5, 5.41) is 8.95. The first-order valence-electron chi connectivity index (χ1n) is 7.25. The summed E-state index contributed by atoms with van der Waals surface area (Å²) in [6, 6.07) is 0.624. The molecule has 108 valence electrons. The van der Waals surface area contributed by atoms with Crippen LogP contribution in [0.25, 0.3) is 0 Å². The third kappa shape index (κ3) is 7.00. The minimum absolute atomic E-state index is 0.120. The Morgan fingerprint density at radius 2 is 1.50 bits per heavy atom. The van der Waals surface area contributed by atoms with E-state index in [1.807, 2.05) is 6.92 Å². The monoisotopic (exact) mass is 257 g/mol. The molecule has 1 atom stereocenters. The van der Waals surface area contributed by atoms with Crippen LogP contribution in [0.5, 0.6) is 0 Å². The molecule has 0 aliphatic carbocycles. The Morgan fingerprint density at radius 3 is 1.78 bits per heavy atom. The van der Waals surface area contributed by atoms with Gasteiger partial charge in [-0.3, -0.25) is 9.69 Å². The van der Waals surface area contributed by atoms with Gasteiger partial charge in [-0.2, -0.15) is 0 Å². The maximum absolute atomic E-state index is 10.9. The Bertz CT molecular complexity index is 229. The first-order valence-corrected chi connectivity index (χ1v) is 7.25. The molecule has 18 heavy (non-hydrogen) atoms. The molecule has 0 fully saturated rings. The molecule has 0 amide bonds. The van der Waals surface area contributed by atoms with E-state index in [0.29, 0.717) is 17.9 Å². The van der Waals surface area contributed by atoms with Crippen LogP contribution in [0.2, 0.25) is 0 Å². The zero-order valence-corrected chi connectivity index (χ0v) is 12.9. The molecule has 3 heteroatoms. The van der Waals surface area contributed by atoms with Gasteiger partial charge in [0.25, 0.3) is 0 Å². The molecular formula is C15H31NO2. The van der Waals surface area contributed by atoms with E-state index in [9.17, 15) is 4.79 Å². The van der Waals surface area contributed by atoms with E-state index in [2.05, 4.69) is 39.5 Å². The highest BCUT2D eigenvalue weighted by molar-refractivity contribution is 5.67. The predicted octanol–water partition coefficient (Wildman–Crippen LogP) is 3.63. The van der Waals surface area contributed by atoms with Crippen LogP contribution >= 0.6 is 0 Å². The van der Waals surface area contributed by atoms with Gasteiger partial charge in [0.05, 0.1) is 6.42 Å². The van der Waals surface area contributed by atoms with Gasteiger partial charge in [-0.05, 0) is 38.1 Å². The number of nitrogens with zero attached hydrogens (tertiary/aromatic N) is 1. The molecule has 0 radical (unpaired) electrons. The molecule has 0 aromatic heterocycles. The van der Waals surface area contributed by atoms with Gasteiger partial charge in [0.1, 0.15) is 0 Å². The highest BCUT2D eigenvalue weighted by Crippen LogP contribution is 2.22. The number of rotatable bonds is 9. The SMILES string of the molecule is CCN(C(C)CC(=O)O)C(CC(C)C)CC(C)C. The van der Waals surface area contributed by atoms with E-state index in [-0.39, 0.29) is 12.5 Å². The third-order valence-electron chi connectivity index (χ3n) is 3.36. The van der Waals surface area contributed by atoms with Crippen LogP contribution in [-0.4, -0.2) is 34.6 Å². The zero-order valence-electron chi connectivity index (χ0n) is 12.9. The van der Waals surface area contributed by atoms with Crippen LogP contribution in [0, 0.1) is 11.8 Å². The largest absolute Gasteiger partial charge is 0.481 e. The lowest BCUT2D eigenvalue weighted by molar-refractivity contribution is -0.138. The summed E-state index contributed by atoms with van der Waals surface area (Å²) in [7, 11) is 0. The summed E-state index contributed by atoms with van der Waals surface area (Å²) in [5.74, 6) is 0.605. The van der Waals surface area contributed by atoms with Crippen molar-refractivity contribution in [2.24, 2.45) is 11.8 Å². The second-order valence-corrected chi connectivity index (χ2v) is 6.19. The molecule has 1 unspecified atom stereocenters. The van der Waals surface area contributed by atoms with E-state index in [1.165, 1.54) is 0 Å². The molecule has 0 spiro atoms. The fourth-order valence-electron chi connectivity index (χ4n) is 2.76. The first-order chi connectivity index (χ1) is 8.27. The number of carbonyl (C=O) groups is 1. The van der Waals surface area contributed by atoms with E-state index in [1.54, 1.807) is 0 Å². The minimum atomic E-state index is -0.700. The van der Waals surface area contributed by atoms with Crippen molar-refractivity contribution in [1.29, 1.82) is 0 Å². The number of hydrogen-bond donors (Lipinski definition) is 1. The van der Waals surface area contributed by atoms with Gasteiger partial charge in [0.2, 0.25) is 0 Å². The molecule has 0 aliphatic rings. The third-order valence-corrected chi connectivity index (χ3v) is 3.36. The lowest BCUT2D eigenvalue weighted by atomic mass is 9.93. The lowest BCUT2D eigenvalue weighted by Crippen LogP contribution is -2.44. The maximum atomic E-state index is 10.9. The summed E-state index contributed by atoms with van der Waals surface area (Å²) in [6.07, 6.45) is 2.53. The molecule has 0 saturated heterocycles. The first kappa shape index (κ1) is 17.4. The van der Waals surface area contributed by atoms with Crippen LogP contribution in [0.1, 0.15) is 60.8 Å². The van der Waals surface area contributed by atoms with Crippen molar-refractivity contribution < 1.29 is 9.90 Å². The zero-order chi connectivity index (χ0) is 14.3. The Labute approximate surface area is 113 Å². The average molecular weight is 257 g/mol. The number of carboxylic acids is 1. The Kier molecular flexibility index (Phi) is 8.25. The van der Waals surface area contributed by atoms with Crippen LogP contribution < -0.4 is 0 Å². The van der Waals surface area contributed by atoms with Crippen LogP contribution in [0.3, 0.4) is 0 Å². The van der Waals surface area contributed by atoms with E-state index in [0.717, 1.165) is 19.4 Å². The molecule has 0 aromatic rings. The van der Waals surface area contributed by atoms with Crippen LogP contribution in [-0.2, 0) is 4.79 Å². The van der Waals surface area contributed by atoms with E-state index < -0.39 is 5.97 Å². The van der Waals surface area contributed by atoms with E-state index in [4.69, 9.17) is 5.11 Å². The molecular weight excluding hydrogens is 226 g/mol. The molecule has 0 bridgehead atoms. The predicted molar refractivity (Wildman–Crippen MR) is 76.8 cm³/mol. The Balaban J connectivity index is 4.72. The highest BCUT2D eigenvalue weighted by atomic mass is 16.4. The number of aliphatic carboxylic acids is 1. The van der Waals surface area contributed by atoms with Crippen molar-refractivity contribution >= 4 is 5.97 Å². The minimum Gasteiger partial charge on any atom is -0.481 e. The Hall–Kier alpha value is -0.570. The molecule has 0 heterocycles. The Morgan fingerprint density at radius 1 is 1.06 bits per heavy atom. The molecule has 0 saturated carbocycles. The highest BCUT2D eigenvalue weighted by Gasteiger charge is 2.25. The van der Waals surface area contributed by atoms with Gasteiger partial charge in [-0.1, -0.05) is 34.6 Å². The molecule has 0 rings (SSSR count). The maximum Gasteiger partial charge on any atom is 0.304 e. The molecule has 1 N–H and O–H groups in total. The van der Waals surface area contributed by atoms with Gasteiger partial charge >= 0.3 is 5.97 Å². The molecule has 0 aliphatic heterocycles. The smallest absolute Gasteiger partial charge is 0.304 e. The van der Waals surface area contributed by atoms with Gasteiger partial charge in [-0.25, -0.2) is 0 Å². The van der Waals surface area contributed by atoms with Crippen LogP contribution in [0.15, 0.2) is 0 Å². The molecule has 3 nitrogen and oxygen atoms in total. The van der Waals surface area contributed by atoms with Crippen molar-refractivity contribution in [3.8, 4) is 0 Å². The second-order valence-electron chi connectivity index (χ2n) is 6.19. The average Bonchev–Trinajstić information content (AvgIpc) is 2.14. The van der Waals surface area contributed by atoms with Gasteiger partial charge in [-0.15, -0.1) is 0 Å². The van der Waals surface area contributed by atoms with Gasteiger partial charge < -0.3 is 5.11 Å². The fourth-order valence-corrected chi connectivity index (χ4v) is 2.76. The number of hydrogen-bond acceptors (Lipinski definition) is 2. The summed E-state index contributed by atoms with van der Waals surface area (Å²) in [6.45, 7) is 14.0. The number of carboxylic acid groups (broad SMARTS) is 1. The summed E-state index contributed by atoms with van der Waals surface area (Å²) >= 11 is 0. The molecule has 0 aromatic carbocycles. The standard InChI is InChI=1S/C15H31NO2/c1-7-16(13(6)10-15(17)18)14(8-11(2)3)9-12(4)5/h11-14H,7-10H2,1-6H3,(H,17,18). The topological polar surface area (TPSA) is 40.5 Å². The second kappa shape index (κ2) is 8.52. The summed E-state index contributed by atoms with van der Waals surface area (Å²) in [4.78, 5) is 13.2. The van der Waals surface area contributed by atoms with Crippen molar-refractivity contribution in [3.05, 3.63) is 0 Å². The van der Waals surface area contributed by atoms with Crippen molar-refractivity contribution in [3.63, 3.8) is 0 Å². The van der Waals surface area contributed by atoms with E-state index >= 15 is 0 Å². The lowest BCUT2D eigenvalue weighted by Gasteiger charge is -2.37. The normalized spacial score (nSPS) is 13.9. The van der Waals surface area contributed by atoms with Crippen LogP contribution in [0.4, 0.5) is 0 Å². The summed E-state index contributed by atoms with van der Waals surface area (Å²) < 4.78 is 0.